The van der Waals surface area contributed by atoms with E-state index in [-0.39, 0.29) is 5.95 Å². The first-order valence-corrected chi connectivity index (χ1v) is 7.63. The van der Waals surface area contributed by atoms with Crippen molar-refractivity contribution in [2.75, 3.05) is 24.9 Å². The third-order valence-electron chi connectivity index (χ3n) is 3.50. The van der Waals surface area contributed by atoms with E-state index in [4.69, 9.17) is 9.47 Å². The number of halogens is 2. The molecule has 1 aromatic heterocycles. The minimum atomic E-state index is -0.952. The average molecular weight is 358 g/mol. The van der Waals surface area contributed by atoms with Gasteiger partial charge in [-0.15, -0.1) is 0 Å². The lowest BCUT2D eigenvalue weighted by molar-refractivity contribution is 0.395. The number of anilines is 4. The van der Waals surface area contributed by atoms with Crippen molar-refractivity contribution in [1.29, 1.82) is 0 Å². The van der Waals surface area contributed by atoms with Gasteiger partial charge in [0.2, 0.25) is 5.95 Å². The highest BCUT2D eigenvalue weighted by Crippen LogP contribution is 2.31. The highest BCUT2D eigenvalue weighted by Gasteiger charge is 2.08. The van der Waals surface area contributed by atoms with Crippen LogP contribution in [0.2, 0.25) is 0 Å². The molecule has 2 aromatic carbocycles. The lowest BCUT2D eigenvalue weighted by Gasteiger charge is -2.12. The van der Waals surface area contributed by atoms with Crippen molar-refractivity contribution in [2.24, 2.45) is 0 Å². The van der Waals surface area contributed by atoms with E-state index in [0.29, 0.717) is 28.7 Å². The van der Waals surface area contributed by atoms with E-state index in [1.165, 1.54) is 12.3 Å². The van der Waals surface area contributed by atoms with Crippen molar-refractivity contribution in [3.63, 3.8) is 0 Å². The summed E-state index contributed by atoms with van der Waals surface area (Å²) in [5.74, 6) is 0.0987. The van der Waals surface area contributed by atoms with Crippen molar-refractivity contribution >= 4 is 23.1 Å². The number of rotatable bonds is 6. The molecule has 3 rings (SSSR count). The van der Waals surface area contributed by atoms with Crippen LogP contribution < -0.4 is 20.1 Å². The van der Waals surface area contributed by atoms with Crippen molar-refractivity contribution in [2.45, 2.75) is 0 Å². The Bertz CT molecular complexity index is 921. The van der Waals surface area contributed by atoms with Crippen LogP contribution >= 0.6 is 0 Å². The summed E-state index contributed by atoms with van der Waals surface area (Å²) in [6, 6.07) is 10.4. The smallest absolute Gasteiger partial charge is 0.229 e. The van der Waals surface area contributed by atoms with Gasteiger partial charge in [-0.3, -0.25) is 0 Å². The topological polar surface area (TPSA) is 68.3 Å². The third kappa shape index (κ3) is 3.97. The number of nitrogens with one attached hydrogen (secondary N) is 2. The zero-order chi connectivity index (χ0) is 18.5. The summed E-state index contributed by atoms with van der Waals surface area (Å²) in [5.41, 5.74) is 1.02. The maximum atomic E-state index is 13.3. The van der Waals surface area contributed by atoms with Crippen LogP contribution in [-0.4, -0.2) is 24.2 Å². The van der Waals surface area contributed by atoms with Crippen molar-refractivity contribution < 1.29 is 18.3 Å². The van der Waals surface area contributed by atoms with Crippen LogP contribution in [0, 0.1) is 11.6 Å². The number of hydrogen-bond donors (Lipinski definition) is 2. The molecule has 0 bridgehead atoms. The van der Waals surface area contributed by atoms with Crippen LogP contribution in [0.4, 0.5) is 31.9 Å². The molecule has 6 nitrogen and oxygen atoms in total. The summed E-state index contributed by atoms with van der Waals surface area (Å²) in [6.45, 7) is 0. The van der Waals surface area contributed by atoms with Gasteiger partial charge in [-0.1, -0.05) is 0 Å². The van der Waals surface area contributed by atoms with E-state index in [2.05, 4.69) is 20.6 Å². The normalized spacial score (nSPS) is 10.3. The molecule has 3 aromatic rings. The molecular weight excluding hydrogens is 342 g/mol. The second kappa shape index (κ2) is 7.64. The molecule has 0 saturated carbocycles. The van der Waals surface area contributed by atoms with Gasteiger partial charge in [0.15, 0.2) is 11.6 Å². The minimum absolute atomic E-state index is 0.230. The van der Waals surface area contributed by atoms with Gasteiger partial charge in [0.05, 0.1) is 19.9 Å². The number of methoxy groups -OCH3 is 2. The Labute approximate surface area is 148 Å². The highest BCUT2D eigenvalue weighted by atomic mass is 19.2. The molecule has 2 N–H and O–H groups in total. The molecule has 134 valence electrons. The Morgan fingerprint density at radius 2 is 1.73 bits per heavy atom. The molecule has 8 heteroatoms. The Morgan fingerprint density at radius 1 is 0.885 bits per heavy atom. The van der Waals surface area contributed by atoms with Crippen molar-refractivity contribution in [1.82, 2.24) is 9.97 Å². The summed E-state index contributed by atoms with van der Waals surface area (Å²) in [4.78, 5) is 8.37. The molecule has 0 aliphatic carbocycles. The Hall–Kier alpha value is -3.42. The van der Waals surface area contributed by atoms with Crippen LogP contribution in [0.25, 0.3) is 0 Å². The molecule has 0 radical (unpaired) electrons. The average Bonchev–Trinajstić information content (AvgIpc) is 2.65. The number of nitrogens with zero attached hydrogens (tertiary/aromatic N) is 2. The SMILES string of the molecule is COc1ccc(Nc2ccnc(Nc3ccc(F)c(F)c3)n2)c(OC)c1. The summed E-state index contributed by atoms with van der Waals surface area (Å²) in [5, 5.41) is 5.94. The lowest BCUT2D eigenvalue weighted by atomic mass is 10.2. The number of benzene rings is 2. The first-order valence-electron chi connectivity index (χ1n) is 7.63. The monoisotopic (exact) mass is 358 g/mol. The number of hydrogen-bond acceptors (Lipinski definition) is 6. The lowest BCUT2D eigenvalue weighted by Crippen LogP contribution is -2.02. The Balaban J connectivity index is 1.80. The predicted molar refractivity (Wildman–Crippen MR) is 94.5 cm³/mol. The van der Waals surface area contributed by atoms with Gasteiger partial charge in [0, 0.05) is 24.0 Å². The number of aromatic nitrogens is 2. The van der Waals surface area contributed by atoms with Crippen LogP contribution in [0.3, 0.4) is 0 Å². The largest absolute Gasteiger partial charge is 0.497 e. The summed E-state index contributed by atoms with van der Waals surface area (Å²) in [7, 11) is 3.12. The van der Waals surface area contributed by atoms with Gasteiger partial charge in [0.1, 0.15) is 17.3 Å². The fraction of sp³-hybridized carbons (Fsp3) is 0.111. The molecule has 26 heavy (non-hydrogen) atoms. The maximum absolute atomic E-state index is 13.3. The molecule has 0 amide bonds. The van der Waals surface area contributed by atoms with Gasteiger partial charge in [-0.25, -0.2) is 13.8 Å². The van der Waals surface area contributed by atoms with Crippen LogP contribution in [0.5, 0.6) is 11.5 Å². The first kappa shape index (κ1) is 17.4. The molecule has 0 aliphatic heterocycles. The molecule has 0 atom stereocenters. The second-order valence-electron chi connectivity index (χ2n) is 5.21. The predicted octanol–water partition coefficient (Wildman–Crippen LogP) is 4.26. The van der Waals surface area contributed by atoms with E-state index in [1.807, 2.05) is 0 Å². The fourth-order valence-corrected chi connectivity index (χ4v) is 2.23. The van der Waals surface area contributed by atoms with E-state index < -0.39 is 11.6 Å². The fourth-order valence-electron chi connectivity index (χ4n) is 2.23. The second-order valence-corrected chi connectivity index (χ2v) is 5.21. The quantitative estimate of drug-likeness (QED) is 0.686. The Morgan fingerprint density at radius 3 is 2.46 bits per heavy atom. The van der Waals surface area contributed by atoms with Crippen LogP contribution in [-0.2, 0) is 0 Å². The van der Waals surface area contributed by atoms with E-state index in [0.717, 1.165) is 12.1 Å². The van der Waals surface area contributed by atoms with Crippen LogP contribution in [0.15, 0.2) is 48.7 Å². The van der Waals surface area contributed by atoms with E-state index >= 15 is 0 Å². The van der Waals surface area contributed by atoms with Gasteiger partial charge >= 0.3 is 0 Å². The zero-order valence-corrected chi connectivity index (χ0v) is 14.1. The molecular formula is C18H16F2N4O2. The first-order chi connectivity index (χ1) is 12.6. The third-order valence-corrected chi connectivity index (χ3v) is 3.50. The zero-order valence-electron chi connectivity index (χ0n) is 14.1. The summed E-state index contributed by atoms with van der Waals surface area (Å²) >= 11 is 0. The molecule has 0 saturated heterocycles. The van der Waals surface area contributed by atoms with Gasteiger partial charge in [-0.05, 0) is 30.3 Å². The van der Waals surface area contributed by atoms with E-state index in [9.17, 15) is 8.78 Å². The molecule has 0 aliphatic rings. The van der Waals surface area contributed by atoms with Gasteiger partial charge in [0.25, 0.3) is 0 Å². The molecule has 0 unspecified atom stereocenters. The van der Waals surface area contributed by atoms with Gasteiger partial charge < -0.3 is 20.1 Å². The van der Waals surface area contributed by atoms with Crippen molar-refractivity contribution in [3.8, 4) is 11.5 Å². The van der Waals surface area contributed by atoms with Crippen molar-refractivity contribution in [3.05, 3.63) is 60.3 Å². The number of ether oxygens (including phenoxy) is 2. The minimum Gasteiger partial charge on any atom is -0.497 e. The standard InChI is InChI=1S/C18H16F2N4O2/c1-25-12-4-6-15(16(10-12)26-2)23-17-7-8-21-18(24-17)22-11-3-5-13(19)14(20)9-11/h3-10H,1-2H3,(H2,21,22,23,24). The molecule has 1 heterocycles. The van der Waals surface area contributed by atoms with Gasteiger partial charge in [-0.2, -0.15) is 4.98 Å². The molecule has 0 fully saturated rings. The summed E-state index contributed by atoms with van der Waals surface area (Å²) in [6.07, 6.45) is 1.54. The van der Waals surface area contributed by atoms with Crippen LogP contribution in [0.1, 0.15) is 0 Å². The molecule has 0 spiro atoms. The van der Waals surface area contributed by atoms with E-state index in [1.54, 1.807) is 38.5 Å². The summed E-state index contributed by atoms with van der Waals surface area (Å²) < 4.78 is 36.8. The highest BCUT2D eigenvalue weighted by molar-refractivity contribution is 5.66. The maximum Gasteiger partial charge on any atom is 0.229 e. The Kier molecular flexibility index (Phi) is 5.12.